The van der Waals surface area contributed by atoms with E-state index in [2.05, 4.69) is 22.1 Å². The number of ether oxygens (including phenoxy) is 4. The molecule has 2 atom stereocenters. The quantitative estimate of drug-likeness (QED) is 0.331. The highest BCUT2D eigenvalue weighted by Gasteiger charge is 2.19. The van der Waals surface area contributed by atoms with Crippen LogP contribution in [0.3, 0.4) is 0 Å². The van der Waals surface area contributed by atoms with Crippen molar-refractivity contribution < 1.29 is 38.4 Å². The molecule has 1 fully saturated rings. The zero-order chi connectivity index (χ0) is 20.6. The lowest BCUT2D eigenvalue weighted by atomic mass is 10.5. The minimum absolute atomic E-state index is 0.0486. The first kappa shape index (κ1) is 30.0. The molecule has 1 N–H and O–H groups in total. The first-order valence-electron chi connectivity index (χ1n) is 8.24. The van der Waals surface area contributed by atoms with Gasteiger partial charge in [0, 0.05) is 30.5 Å². The summed E-state index contributed by atoms with van der Waals surface area (Å²) in [5, 5.41) is 8.85. The third-order valence-electron chi connectivity index (χ3n) is 2.11. The van der Waals surface area contributed by atoms with Gasteiger partial charge < -0.3 is 24.1 Å². The maximum atomic E-state index is 10.0. The van der Waals surface area contributed by atoms with Gasteiger partial charge in [-0.25, -0.2) is 4.79 Å². The standard InChI is InChI=1S/C7H16O2S.C4H6O3.C4H10OS.CO2/c1-3-9-4-5-10-6-7(2)8;1-3-2-6-4(5)7-3;1-2-5-3-4-6;2-1-3/h7-8H,3-6H2,1-2H3;3H,2H2,1H3;6H,2-4H2,1H3;. The van der Waals surface area contributed by atoms with Crippen molar-refractivity contribution in [1.82, 2.24) is 0 Å². The summed E-state index contributed by atoms with van der Waals surface area (Å²) in [5.74, 6) is 2.62. The molecule has 0 aromatic rings. The van der Waals surface area contributed by atoms with Crippen molar-refractivity contribution in [2.24, 2.45) is 0 Å². The summed E-state index contributed by atoms with van der Waals surface area (Å²) in [6.07, 6.45) is -0.536. The van der Waals surface area contributed by atoms with Crippen molar-refractivity contribution in [2.45, 2.75) is 39.9 Å². The Hall–Kier alpha value is -0.770. The van der Waals surface area contributed by atoms with Gasteiger partial charge in [-0.1, -0.05) is 0 Å². The first-order valence-corrected chi connectivity index (χ1v) is 10.0. The van der Waals surface area contributed by atoms with Crippen LogP contribution in [0.4, 0.5) is 4.79 Å². The van der Waals surface area contributed by atoms with Gasteiger partial charge in [-0.3, -0.25) is 0 Å². The lowest BCUT2D eigenvalue weighted by Crippen LogP contribution is -2.05. The van der Waals surface area contributed by atoms with Crippen molar-refractivity contribution in [3.05, 3.63) is 0 Å². The highest BCUT2D eigenvalue weighted by Crippen LogP contribution is 2.03. The van der Waals surface area contributed by atoms with Crippen molar-refractivity contribution in [2.75, 3.05) is 50.3 Å². The number of hydrogen-bond donors (Lipinski definition) is 2. The second kappa shape index (κ2) is 26.5. The van der Waals surface area contributed by atoms with Gasteiger partial charge in [0.15, 0.2) is 0 Å². The number of cyclic esters (lactones) is 2. The summed E-state index contributed by atoms with van der Waals surface area (Å²) >= 11 is 5.66. The number of thioether (sulfide) groups is 1. The Morgan fingerprint density at radius 3 is 2.12 bits per heavy atom. The van der Waals surface area contributed by atoms with E-state index in [1.54, 1.807) is 25.6 Å². The van der Waals surface area contributed by atoms with Crippen LogP contribution in [0.5, 0.6) is 0 Å². The molecule has 1 aliphatic heterocycles. The van der Waals surface area contributed by atoms with E-state index in [0.717, 1.165) is 43.7 Å². The molecule has 1 heterocycles. The average molecular weight is 417 g/mol. The van der Waals surface area contributed by atoms with E-state index >= 15 is 0 Å². The summed E-state index contributed by atoms with van der Waals surface area (Å²) in [6, 6.07) is 0. The Balaban J connectivity index is -0.000000292. The largest absolute Gasteiger partial charge is 0.508 e. The van der Waals surface area contributed by atoms with Crippen LogP contribution in [0.2, 0.25) is 0 Å². The lowest BCUT2D eigenvalue weighted by molar-refractivity contribution is -0.191. The molecular formula is C16H32O8S2. The fourth-order valence-corrected chi connectivity index (χ4v) is 2.02. The summed E-state index contributed by atoms with van der Waals surface area (Å²) in [4.78, 5) is 26.3. The molecule has 1 saturated heterocycles. The van der Waals surface area contributed by atoms with Gasteiger partial charge in [0.2, 0.25) is 0 Å². The van der Waals surface area contributed by atoms with Crippen LogP contribution in [0.15, 0.2) is 0 Å². The molecule has 1 rings (SSSR count). The number of hydrogen-bond acceptors (Lipinski definition) is 10. The van der Waals surface area contributed by atoms with E-state index < -0.39 is 6.16 Å². The van der Waals surface area contributed by atoms with E-state index in [9.17, 15) is 4.79 Å². The second-order valence-electron chi connectivity index (χ2n) is 4.61. The third-order valence-corrected chi connectivity index (χ3v) is 3.46. The molecule has 0 bridgehead atoms. The van der Waals surface area contributed by atoms with Gasteiger partial charge in [0.05, 0.1) is 19.3 Å². The highest BCUT2D eigenvalue weighted by atomic mass is 32.2. The normalized spacial score (nSPS) is 15.5. The van der Waals surface area contributed by atoms with Crippen molar-refractivity contribution in [1.29, 1.82) is 0 Å². The Morgan fingerprint density at radius 2 is 1.85 bits per heavy atom. The molecular weight excluding hydrogens is 384 g/mol. The smallest absolute Gasteiger partial charge is 0.430 e. The second-order valence-corrected chi connectivity index (χ2v) is 6.21. The number of carbonyl (C=O) groups is 1. The highest BCUT2D eigenvalue weighted by molar-refractivity contribution is 7.99. The number of aliphatic hydroxyl groups excluding tert-OH is 1. The molecule has 0 aromatic carbocycles. The van der Waals surface area contributed by atoms with E-state index in [1.165, 1.54) is 0 Å². The lowest BCUT2D eigenvalue weighted by Gasteiger charge is -2.03. The molecule has 0 amide bonds. The first-order chi connectivity index (χ1) is 12.4. The number of thiol groups is 1. The van der Waals surface area contributed by atoms with Crippen LogP contribution in [0, 0.1) is 0 Å². The zero-order valence-corrected chi connectivity index (χ0v) is 17.7. The van der Waals surface area contributed by atoms with E-state index in [1.807, 2.05) is 13.8 Å². The molecule has 0 saturated carbocycles. The molecule has 156 valence electrons. The Labute approximate surface area is 165 Å². The van der Waals surface area contributed by atoms with Gasteiger partial charge in [-0.2, -0.15) is 34.0 Å². The Bertz CT molecular complexity index is 319. The Kier molecular flexibility index (Phi) is 30.5. The zero-order valence-electron chi connectivity index (χ0n) is 16.0. The molecule has 0 radical (unpaired) electrons. The van der Waals surface area contributed by atoms with Crippen LogP contribution in [0.25, 0.3) is 0 Å². The van der Waals surface area contributed by atoms with Gasteiger partial charge in [0.1, 0.15) is 12.7 Å². The predicted molar refractivity (Wildman–Crippen MR) is 103 cm³/mol. The third kappa shape index (κ3) is 34.5. The summed E-state index contributed by atoms with van der Waals surface area (Å²) < 4.78 is 18.9. The topological polar surface area (TPSA) is 108 Å². The number of rotatable bonds is 9. The van der Waals surface area contributed by atoms with Crippen molar-refractivity contribution in [3.63, 3.8) is 0 Å². The molecule has 8 nitrogen and oxygen atoms in total. The van der Waals surface area contributed by atoms with Crippen LogP contribution < -0.4 is 0 Å². The number of carbonyl (C=O) groups excluding carboxylic acids is 3. The van der Waals surface area contributed by atoms with E-state index in [0.29, 0.717) is 6.61 Å². The molecule has 10 heteroatoms. The van der Waals surface area contributed by atoms with Crippen LogP contribution in [-0.4, -0.2) is 79.9 Å². The molecule has 0 aromatic heterocycles. The maximum Gasteiger partial charge on any atom is 0.508 e. The molecule has 2 unspecified atom stereocenters. The van der Waals surface area contributed by atoms with E-state index in [4.69, 9.17) is 24.2 Å². The molecule has 1 aliphatic rings. The molecule has 0 spiro atoms. The van der Waals surface area contributed by atoms with Crippen molar-refractivity contribution in [3.8, 4) is 0 Å². The SMILES string of the molecule is CC1COC(=O)O1.CCOCCS.CCOCCSCC(C)O.O=C=O. The van der Waals surface area contributed by atoms with Crippen molar-refractivity contribution >= 4 is 36.7 Å². The minimum atomic E-state index is -0.549. The molecule has 0 aliphatic carbocycles. The van der Waals surface area contributed by atoms with Gasteiger partial charge in [-0.15, -0.1) is 0 Å². The van der Waals surface area contributed by atoms with Crippen LogP contribution in [0.1, 0.15) is 27.7 Å². The summed E-state index contributed by atoms with van der Waals surface area (Å²) in [7, 11) is 0. The maximum absolute atomic E-state index is 10.0. The summed E-state index contributed by atoms with van der Waals surface area (Å²) in [5.41, 5.74) is 0. The fourth-order valence-electron chi connectivity index (χ4n) is 1.14. The number of aliphatic hydroxyl groups is 1. The van der Waals surface area contributed by atoms with Gasteiger partial charge in [-0.05, 0) is 27.7 Å². The summed E-state index contributed by atoms with van der Waals surface area (Å²) in [6.45, 7) is 11.1. The van der Waals surface area contributed by atoms with Crippen LogP contribution in [-0.2, 0) is 28.5 Å². The van der Waals surface area contributed by atoms with Gasteiger partial charge in [0.25, 0.3) is 0 Å². The van der Waals surface area contributed by atoms with Gasteiger partial charge >= 0.3 is 12.3 Å². The monoisotopic (exact) mass is 416 g/mol. The van der Waals surface area contributed by atoms with E-state index in [-0.39, 0.29) is 18.4 Å². The predicted octanol–water partition coefficient (Wildman–Crippen LogP) is 2.05. The van der Waals surface area contributed by atoms with Crippen LogP contribution >= 0.6 is 24.4 Å². The average Bonchev–Trinajstić information content (AvgIpc) is 2.97. The Morgan fingerprint density at radius 1 is 1.31 bits per heavy atom. The fraction of sp³-hybridized carbons (Fsp3) is 0.875. The molecule has 26 heavy (non-hydrogen) atoms. The minimum Gasteiger partial charge on any atom is -0.430 e.